The normalized spacial score (nSPS) is 19.0. The second-order valence-electron chi connectivity index (χ2n) is 10.6. The molecule has 10 aromatic rings. The topological polar surface area (TPSA) is 13.1 Å². The summed E-state index contributed by atoms with van der Waals surface area (Å²) in [5.74, 6) is 0. The van der Waals surface area contributed by atoms with E-state index in [1.165, 1.54) is 24.3 Å². The molecule has 0 saturated carbocycles. The van der Waals surface area contributed by atoms with Crippen LogP contribution in [0.25, 0.3) is 98.4 Å². The molecule has 0 amide bonds. The number of benzene rings is 9. The molecule has 0 aliphatic carbocycles. The van der Waals surface area contributed by atoms with Crippen molar-refractivity contribution in [2.75, 3.05) is 0 Å². The smallest absolute Gasteiger partial charge is 0.136 e. The van der Waals surface area contributed by atoms with Crippen molar-refractivity contribution in [1.82, 2.24) is 0 Å². The van der Waals surface area contributed by atoms with Gasteiger partial charge in [-0.2, -0.15) is 0 Å². The quantitative estimate of drug-likeness (QED) is 0.179. The summed E-state index contributed by atoms with van der Waals surface area (Å²) in [6.07, 6.45) is 0. The molecule has 0 N–H and O–H groups in total. The molecule has 9 aromatic carbocycles. The Morgan fingerprint density at radius 1 is 0.362 bits per heavy atom. The van der Waals surface area contributed by atoms with Crippen LogP contribution in [0.1, 0.15) is 32.9 Å². The predicted octanol–water partition coefficient (Wildman–Crippen LogP) is 13.2. The third-order valence-electron chi connectivity index (χ3n) is 8.04. The third-order valence-corrected chi connectivity index (χ3v) is 8.04. The van der Waals surface area contributed by atoms with Gasteiger partial charge in [0.1, 0.15) is 11.2 Å². The molecule has 0 radical (unpaired) electrons. The molecule has 0 fully saturated rings. The standard InChI is InChI=1S/C46H28O/c1-2-11-32-26-35(25-22-29(32)10-1)30-20-23-31(24-21-30)44-36-14-5-7-16-38(36)45(39-17-8-6-15-37(39)44)40-18-9-19-42-46(40)41-27-33-12-3-4-13-34(33)28-43(41)47-42/h1-28H/i1D,2D,3D,4D,5D,6D,7D,8D,9D,10D,11D,12D,13D,14D,15D,16D,17D,18D,19D,22D,25D,26D,27D,28D. The average molecular weight is 621 g/mol. The monoisotopic (exact) mass is 620 g/mol. The predicted molar refractivity (Wildman–Crippen MR) is 200 cm³/mol. The first-order valence-corrected chi connectivity index (χ1v) is 14.2. The maximum absolute atomic E-state index is 9.51. The maximum atomic E-state index is 9.51. The van der Waals surface area contributed by atoms with Gasteiger partial charge in [-0.15, -0.1) is 0 Å². The highest BCUT2D eigenvalue weighted by Crippen LogP contribution is 2.47. The Hall–Kier alpha value is -6.18. The first-order chi connectivity index (χ1) is 33.3. The lowest BCUT2D eigenvalue weighted by Crippen LogP contribution is -1.91. The largest absolute Gasteiger partial charge is 0.456 e. The van der Waals surface area contributed by atoms with E-state index in [1.54, 1.807) is 0 Å². The Morgan fingerprint density at radius 2 is 0.915 bits per heavy atom. The Bertz CT molecular complexity index is 4120. The summed E-state index contributed by atoms with van der Waals surface area (Å²) in [5.41, 5.74) is -2.34. The summed E-state index contributed by atoms with van der Waals surface area (Å²) in [6.45, 7) is 0. The molecule has 1 nitrogen and oxygen atoms in total. The van der Waals surface area contributed by atoms with Crippen molar-refractivity contribution in [1.29, 1.82) is 0 Å². The Kier molecular flexibility index (Phi) is 2.57. The maximum Gasteiger partial charge on any atom is 0.136 e. The van der Waals surface area contributed by atoms with E-state index in [1.807, 2.05) is 0 Å². The molecule has 0 atom stereocenters. The third kappa shape index (κ3) is 4.03. The Morgan fingerprint density at radius 3 is 1.60 bits per heavy atom. The molecule has 0 unspecified atom stereocenters. The zero-order chi connectivity index (χ0) is 51.8. The van der Waals surface area contributed by atoms with E-state index in [2.05, 4.69) is 0 Å². The zero-order valence-corrected chi connectivity index (χ0v) is 23.7. The van der Waals surface area contributed by atoms with Gasteiger partial charge < -0.3 is 4.42 Å². The van der Waals surface area contributed by atoms with Crippen LogP contribution in [-0.2, 0) is 0 Å². The Balaban J connectivity index is 1.41. The molecule has 1 aromatic heterocycles. The van der Waals surface area contributed by atoms with Gasteiger partial charge in [0, 0.05) is 10.8 Å². The van der Waals surface area contributed by atoms with Gasteiger partial charge >= 0.3 is 0 Å². The SMILES string of the molecule is [2H]c1c([2H])c(-c2c3c([2H])c([2H])c([2H])c([2H])c3c(-c3ccc(-c4c([2H])c([2H])c5c([2H])c([2H])c([2H])c([2H])c5c4[2H])cc3)c3c([2H])c([2H])c([2H])c([2H])c23)c2c(oc3c([2H])c4c([2H])c([2H])c([2H])c([2H])c4c([2H])c32)c1[2H]. The van der Waals surface area contributed by atoms with E-state index in [4.69, 9.17) is 29.1 Å². The lowest BCUT2D eigenvalue weighted by atomic mass is 9.84. The fourth-order valence-corrected chi connectivity index (χ4v) is 6.00. The second kappa shape index (κ2) is 10.2. The zero-order valence-electron chi connectivity index (χ0n) is 47.7. The van der Waals surface area contributed by atoms with Crippen LogP contribution in [-0.4, -0.2) is 0 Å². The van der Waals surface area contributed by atoms with Crippen LogP contribution < -0.4 is 0 Å². The van der Waals surface area contributed by atoms with Crippen molar-refractivity contribution in [2.45, 2.75) is 0 Å². The number of fused-ring (bicyclic) bond motifs is 7. The summed E-state index contributed by atoms with van der Waals surface area (Å²) < 4.78 is 219. The minimum absolute atomic E-state index is 0.0396. The van der Waals surface area contributed by atoms with Crippen LogP contribution in [0.4, 0.5) is 0 Å². The lowest BCUT2D eigenvalue weighted by molar-refractivity contribution is 0.669. The lowest BCUT2D eigenvalue weighted by Gasteiger charge is -2.18. The van der Waals surface area contributed by atoms with Crippen molar-refractivity contribution in [3.05, 3.63) is 169 Å². The highest BCUT2D eigenvalue weighted by atomic mass is 16.3. The highest BCUT2D eigenvalue weighted by Gasteiger charge is 2.20. The van der Waals surface area contributed by atoms with E-state index in [9.17, 15) is 8.22 Å². The van der Waals surface area contributed by atoms with Crippen LogP contribution in [0.3, 0.4) is 0 Å². The fraction of sp³-hybridized carbons (Fsp3) is 0. The molecular formula is C46H28O. The minimum atomic E-state index is -0.844. The van der Waals surface area contributed by atoms with Crippen LogP contribution in [0.15, 0.2) is 174 Å². The molecule has 0 aliphatic heterocycles. The fourth-order valence-electron chi connectivity index (χ4n) is 6.00. The minimum Gasteiger partial charge on any atom is -0.456 e. The molecule has 0 aliphatic rings. The van der Waals surface area contributed by atoms with Gasteiger partial charge in [-0.3, -0.25) is 0 Å². The molecular weight excluding hydrogens is 569 g/mol. The van der Waals surface area contributed by atoms with Crippen molar-refractivity contribution < 1.29 is 37.3 Å². The summed E-state index contributed by atoms with van der Waals surface area (Å²) in [7, 11) is 0. The number of hydrogen-bond acceptors (Lipinski definition) is 1. The Labute approximate surface area is 305 Å². The first kappa shape index (κ1) is 11.9. The van der Waals surface area contributed by atoms with E-state index in [0.717, 1.165) is 0 Å². The van der Waals surface area contributed by atoms with E-state index in [-0.39, 0.29) is 43.8 Å². The van der Waals surface area contributed by atoms with Gasteiger partial charge in [-0.25, -0.2) is 0 Å². The molecule has 0 spiro atoms. The molecule has 0 saturated heterocycles. The summed E-state index contributed by atoms with van der Waals surface area (Å²) in [5, 5.41) is -3.98. The van der Waals surface area contributed by atoms with Crippen molar-refractivity contribution in [3.63, 3.8) is 0 Å². The molecule has 47 heavy (non-hydrogen) atoms. The highest BCUT2D eigenvalue weighted by molar-refractivity contribution is 6.26. The molecule has 1 heterocycles. The summed E-state index contributed by atoms with van der Waals surface area (Å²) in [4.78, 5) is 0. The van der Waals surface area contributed by atoms with Crippen molar-refractivity contribution in [3.8, 4) is 33.4 Å². The molecule has 218 valence electrons. The van der Waals surface area contributed by atoms with Crippen LogP contribution in [0.2, 0.25) is 0 Å². The molecule has 10 rings (SSSR count). The van der Waals surface area contributed by atoms with Crippen LogP contribution >= 0.6 is 0 Å². The number of hydrogen-bond donors (Lipinski definition) is 0. The summed E-state index contributed by atoms with van der Waals surface area (Å²) >= 11 is 0. The number of rotatable bonds is 3. The van der Waals surface area contributed by atoms with Gasteiger partial charge in [0.2, 0.25) is 0 Å². The number of furan rings is 1. The average Bonchev–Trinajstić information content (AvgIpc) is 3.76. The second-order valence-corrected chi connectivity index (χ2v) is 10.6. The van der Waals surface area contributed by atoms with Gasteiger partial charge in [0.15, 0.2) is 0 Å². The van der Waals surface area contributed by atoms with E-state index >= 15 is 0 Å². The van der Waals surface area contributed by atoms with Crippen molar-refractivity contribution >= 4 is 65.0 Å². The van der Waals surface area contributed by atoms with Gasteiger partial charge in [-0.1, -0.05) is 145 Å². The molecule has 1 heteroatoms. The van der Waals surface area contributed by atoms with Gasteiger partial charge in [0.05, 0.1) is 32.9 Å². The first-order valence-electron chi connectivity index (χ1n) is 26.2. The van der Waals surface area contributed by atoms with Crippen LogP contribution in [0, 0.1) is 0 Å². The van der Waals surface area contributed by atoms with E-state index < -0.39 is 200 Å². The van der Waals surface area contributed by atoms with Gasteiger partial charge in [0.25, 0.3) is 0 Å². The van der Waals surface area contributed by atoms with E-state index in [0.29, 0.717) is 0 Å². The summed E-state index contributed by atoms with van der Waals surface area (Å²) in [6, 6.07) is -11.7. The van der Waals surface area contributed by atoms with Gasteiger partial charge in [-0.05, 0) is 101 Å². The van der Waals surface area contributed by atoms with Crippen molar-refractivity contribution in [2.24, 2.45) is 0 Å². The van der Waals surface area contributed by atoms with Crippen LogP contribution in [0.5, 0.6) is 0 Å². The molecule has 0 bridgehead atoms.